The molecular weight excluding hydrogens is 192 g/mol. The number of hydrogen-bond donors (Lipinski definition) is 2. The Morgan fingerprint density at radius 1 is 1.60 bits per heavy atom. The number of nitrogens with one attached hydrogen (secondary N) is 2. The molecule has 15 heavy (non-hydrogen) atoms. The molecule has 1 rings (SSSR count). The first-order valence-electron chi connectivity index (χ1n) is 5.71. The third-order valence-electron chi connectivity index (χ3n) is 2.91. The van der Waals surface area contributed by atoms with E-state index in [1.807, 2.05) is 6.92 Å². The summed E-state index contributed by atoms with van der Waals surface area (Å²) in [5, 5.41) is 6.15. The summed E-state index contributed by atoms with van der Waals surface area (Å²) in [6.45, 7) is 5.26. The molecule has 1 aliphatic carbocycles. The fourth-order valence-electron chi connectivity index (χ4n) is 1.73. The van der Waals surface area contributed by atoms with E-state index in [1.165, 1.54) is 12.8 Å². The van der Waals surface area contributed by atoms with Gasteiger partial charge in [0.2, 0.25) is 5.91 Å². The molecule has 0 radical (unpaired) electrons. The van der Waals surface area contributed by atoms with Gasteiger partial charge in [0.05, 0.1) is 12.6 Å². The maximum atomic E-state index is 11.5. The van der Waals surface area contributed by atoms with E-state index in [9.17, 15) is 4.79 Å². The summed E-state index contributed by atoms with van der Waals surface area (Å²) in [5.74, 6) is 0.841. The fraction of sp³-hybridized carbons (Fsp3) is 0.909. The molecule has 1 aliphatic rings. The molecule has 2 N–H and O–H groups in total. The first-order chi connectivity index (χ1) is 7.19. The number of ether oxygens (including phenoxy) is 1. The summed E-state index contributed by atoms with van der Waals surface area (Å²) in [6.07, 6.45) is 2.42. The van der Waals surface area contributed by atoms with Crippen LogP contribution in [0.5, 0.6) is 0 Å². The Hall–Kier alpha value is -0.610. The fourth-order valence-corrected chi connectivity index (χ4v) is 1.73. The van der Waals surface area contributed by atoms with E-state index in [4.69, 9.17) is 4.74 Å². The second-order valence-corrected chi connectivity index (χ2v) is 4.18. The van der Waals surface area contributed by atoms with Crippen LogP contribution in [0.1, 0.15) is 26.7 Å². The van der Waals surface area contributed by atoms with Crippen molar-refractivity contribution in [3.63, 3.8) is 0 Å². The predicted octanol–water partition coefficient (Wildman–Crippen LogP) is 0.526. The molecule has 4 heteroatoms. The van der Waals surface area contributed by atoms with E-state index >= 15 is 0 Å². The average Bonchev–Trinajstić information content (AvgIpc) is 2.96. The zero-order valence-corrected chi connectivity index (χ0v) is 9.88. The lowest BCUT2D eigenvalue weighted by molar-refractivity contribution is -0.123. The summed E-state index contributed by atoms with van der Waals surface area (Å²) in [6, 6.07) is 0.460. The first kappa shape index (κ1) is 12.5. The Labute approximate surface area is 91.8 Å². The van der Waals surface area contributed by atoms with Gasteiger partial charge < -0.3 is 15.4 Å². The maximum Gasteiger partial charge on any atom is 0.236 e. The molecule has 3 unspecified atom stereocenters. The van der Waals surface area contributed by atoms with Crippen LogP contribution in [0.3, 0.4) is 0 Å². The summed E-state index contributed by atoms with van der Waals surface area (Å²) < 4.78 is 4.86. The molecule has 0 bridgehead atoms. The van der Waals surface area contributed by atoms with Gasteiger partial charge >= 0.3 is 0 Å². The standard InChI is InChI=1S/C11H22N2O2/c1-4-9-7-10(9)13-8(2)11(14)12-5-6-15-3/h8-10,13H,4-7H2,1-3H3,(H,12,14). The molecule has 0 aliphatic heterocycles. The molecule has 4 nitrogen and oxygen atoms in total. The predicted molar refractivity (Wildman–Crippen MR) is 59.7 cm³/mol. The van der Waals surface area contributed by atoms with E-state index in [0.717, 1.165) is 5.92 Å². The van der Waals surface area contributed by atoms with Crippen molar-refractivity contribution in [2.75, 3.05) is 20.3 Å². The zero-order chi connectivity index (χ0) is 11.3. The van der Waals surface area contributed by atoms with Crippen molar-refractivity contribution in [2.24, 2.45) is 5.92 Å². The summed E-state index contributed by atoms with van der Waals surface area (Å²) >= 11 is 0. The Kier molecular flexibility index (Phi) is 5.05. The highest BCUT2D eigenvalue weighted by atomic mass is 16.5. The van der Waals surface area contributed by atoms with Crippen molar-refractivity contribution in [3.05, 3.63) is 0 Å². The number of amides is 1. The maximum absolute atomic E-state index is 11.5. The molecule has 88 valence electrons. The van der Waals surface area contributed by atoms with Crippen LogP contribution in [-0.4, -0.2) is 38.3 Å². The molecular formula is C11H22N2O2. The highest BCUT2D eigenvalue weighted by molar-refractivity contribution is 5.81. The minimum Gasteiger partial charge on any atom is -0.383 e. The Morgan fingerprint density at radius 3 is 2.87 bits per heavy atom. The number of carbonyl (C=O) groups is 1. The molecule has 1 fully saturated rings. The van der Waals surface area contributed by atoms with Crippen molar-refractivity contribution in [1.82, 2.24) is 10.6 Å². The SMILES string of the molecule is CCC1CC1NC(C)C(=O)NCCOC. The second kappa shape index (κ2) is 6.08. The van der Waals surface area contributed by atoms with E-state index in [0.29, 0.717) is 19.2 Å². The smallest absolute Gasteiger partial charge is 0.236 e. The molecule has 0 spiro atoms. The number of hydrogen-bond acceptors (Lipinski definition) is 3. The van der Waals surface area contributed by atoms with Gasteiger partial charge in [0.1, 0.15) is 0 Å². The van der Waals surface area contributed by atoms with Crippen LogP contribution in [-0.2, 0) is 9.53 Å². The van der Waals surface area contributed by atoms with Gasteiger partial charge in [-0.05, 0) is 19.3 Å². The highest BCUT2D eigenvalue weighted by Gasteiger charge is 2.36. The van der Waals surface area contributed by atoms with Crippen LogP contribution >= 0.6 is 0 Å². The highest BCUT2D eigenvalue weighted by Crippen LogP contribution is 2.33. The van der Waals surface area contributed by atoms with Crippen LogP contribution in [0.25, 0.3) is 0 Å². The van der Waals surface area contributed by atoms with Gasteiger partial charge in [-0.25, -0.2) is 0 Å². The number of methoxy groups -OCH3 is 1. The minimum absolute atomic E-state index is 0.0637. The van der Waals surface area contributed by atoms with E-state index in [1.54, 1.807) is 7.11 Å². The second-order valence-electron chi connectivity index (χ2n) is 4.18. The molecule has 0 aromatic heterocycles. The summed E-state index contributed by atoms with van der Waals surface area (Å²) in [5.41, 5.74) is 0. The van der Waals surface area contributed by atoms with Crippen LogP contribution in [0.2, 0.25) is 0 Å². The normalized spacial score (nSPS) is 26.1. The van der Waals surface area contributed by atoms with Crippen LogP contribution in [0.4, 0.5) is 0 Å². The van der Waals surface area contributed by atoms with Crippen molar-refractivity contribution in [1.29, 1.82) is 0 Å². The largest absolute Gasteiger partial charge is 0.383 e. The van der Waals surface area contributed by atoms with Gasteiger partial charge in [0.25, 0.3) is 0 Å². The van der Waals surface area contributed by atoms with Gasteiger partial charge in [-0.2, -0.15) is 0 Å². The van der Waals surface area contributed by atoms with Gasteiger partial charge in [0.15, 0.2) is 0 Å². The average molecular weight is 214 g/mol. The summed E-state index contributed by atoms with van der Waals surface area (Å²) in [7, 11) is 1.63. The summed E-state index contributed by atoms with van der Waals surface area (Å²) in [4.78, 5) is 11.5. The molecule has 3 atom stereocenters. The lowest BCUT2D eigenvalue weighted by atomic mass is 10.2. The van der Waals surface area contributed by atoms with Crippen LogP contribution < -0.4 is 10.6 Å². The lowest BCUT2D eigenvalue weighted by Gasteiger charge is -2.13. The zero-order valence-electron chi connectivity index (χ0n) is 9.88. The van der Waals surface area contributed by atoms with E-state index in [-0.39, 0.29) is 11.9 Å². The number of carbonyl (C=O) groups excluding carboxylic acids is 1. The Bertz CT molecular complexity index is 209. The van der Waals surface area contributed by atoms with Gasteiger partial charge in [0, 0.05) is 19.7 Å². The van der Waals surface area contributed by atoms with Gasteiger partial charge in [-0.3, -0.25) is 4.79 Å². The minimum atomic E-state index is -0.0941. The first-order valence-corrected chi connectivity index (χ1v) is 5.71. The quantitative estimate of drug-likeness (QED) is 0.608. The monoisotopic (exact) mass is 214 g/mol. The van der Waals surface area contributed by atoms with Gasteiger partial charge in [-0.15, -0.1) is 0 Å². The molecule has 1 amide bonds. The lowest BCUT2D eigenvalue weighted by Crippen LogP contribution is -2.44. The topological polar surface area (TPSA) is 50.4 Å². The molecule has 1 saturated carbocycles. The molecule has 0 heterocycles. The molecule has 0 aromatic rings. The van der Waals surface area contributed by atoms with Gasteiger partial charge in [-0.1, -0.05) is 13.3 Å². The van der Waals surface area contributed by atoms with E-state index < -0.39 is 0 Å². The molecule has 0 aromatic carbocycles. The van der Waals surface area contributed by atoms with Crippen molar-refractivity contribution in [3.8, 4) is 0 Å². The third-order valence-corrected chi connectivity index (χ3v) is 2.91. The Morgan fingerprint density at radius 2 is 2.33 bits per heavy atom. The van der Waals surface area contributed by atoms with Crippen molar-refractivity contribution >= 4 is 5.91 Å². The third kappa shape index (κ3) is 4.18. The van der Waals surface area contributed by atoms with Crippen molar-refractivity contribution in [2.45, 2.75) is 38.8 Å². The molecule has 0 saturated heterocycles. The Balaban J connectivity index is 2.11. The van der Waals surface area contributed by atoms with Crippen molar-refractivity contribution < 1.29 is 9.53 Å². The van der Waals surface area contributed by atoms with Crippen LogP contribution in [0.15, 0.2) is 0 Å². The van der Waals surface area contributed by atoms with Crippen LogP contribution in [0, 0.1) is 5.92 Å². The number of rotatable bonds is 7. The van der Waals surface area contributed by atoms with E-state index in [2.05, 4.69) is 17.6 Å².